The number of hydrogen-bond acceptors (Lipinski definition) is 2. The lowest BCUT2D eigenvalue weighted by Crippen LogP contribution is -2.26. The fourth-order valence-electron chi connectivity index (χ4n) is 1.90. The molecular formula is C15H13BrF2N2O. The molecule has 0 fully saturated rings. The first-order valence-electron chi connectivity index (χ1n) is 6.13. The second-order valence-corrected chi connectivity index (χ2v) is 5.41. The van der Waals surface area contributed by atoms with Crippen LogP contribution < -0.4 is 5.73 Å². The van der Waals surface area contributed by atoms with E-state index in [2.05, 4.69) is 15.9 Å². The van der Waals surface area contributed by atoms with E-state index >= 15 is 0 Å². The van der Waals surface area contributed by atoms with E-state index in [0.717, 1.165) is 12.1 Å². The Bertz CT molecular complexity index is 691. The summed E-state index contributed by atoms with van der Waals surface area (Å²) in [6, 6.07) is 8.56. The van der Waals surface area contributed by atoms with Crippen molar-refractivity contribution in [3.05, 3.63) is 63.6 Å². The smallest absolute Gasteiger partial charge is 0.255 e. The van der Waals surface area contributed by atoms with Crippen molar-refractivity contribution >= 4 is 27.5 Å². The number of hydrogen-bond donors (Lipinski definition) is 1. The molecule has 0 heterocycles. The van der Waals surface area contributed by atoms with Gasteiger partial charge in [-0.05, 0) is 45.8 Å². The SMILES string of the molecule is CN(Cc1ccc(F)c(F)c1)C(=O)c1cccc(N)c1Br. The first-order chi connectivity index (χ1) is 9.90. The Labute approximate surface area is 129 Å². The van der Waals surface area contributed by atoms with Crippen LogP contribution in [0.15, 0.2) is 40.9 Å². The molecule has 2 aromatic carbocycles. The Hall–Kier alpha value is -1.95. The number of nitrogen functional groups attached to an aromatic ring is 1. The lowest BCUT2D eigenvalue weighted by Gasteiger charge is -2.18. The molecule has 0 aliphatic heterocycles. The molecule has 21 heavy (non-hydrogen) atoms. The third-order valence-electron chi connectivity index (χ3n) is 3.01. The monoisotopic (exact) mass is 354 g/mol. The summed E-state index contributed by atoms with van der Waals surface area (Å²) in [5, 5.41) is 0. The first-order valence-corrected chi connectivity index (χ1v) is 6.93. The summed E-state index contributed by atoms with van der Waals surface area (Å²) in [5.41, 5.74) is 7.12. The van der Waals surface area contributed by atoms with E-state index in [1.54, 1.807) is 25.2 Å². The fourth-order valence-corrected chi connectivity index (χ4v) is 2.34. The molecule has 0 saturated carbocycles. The van der Waals surface area contributed by atoms with Crippen LogP contribution in [-0.2, 0) is 6.54 Å². The average molecular weight is 355 g/mol. The molecule has 2 rings (SSSR count). The largest absolute Gasteiger partial charge is 0.398 e. The fraction of sp³-hybridized carbons (Fsp3) is 0.133. The zero-order chi connectivity index (χ0) is 15.6. The highest BCUT2D eigenvalue weighted by Crippen LogP contribution is 2.25. The van der Waals surface area contributed by atoms with Gasteiger partial charge in [-0.15, -0.1) is 0 Å². The Morgan fingerprint density at radius 1 is 1.24 bits per heavy atom. The van der Waals surface area contributed by atoms with Crippen molar-refractivity contribution in [1.29, 1.82) is 0 Å². The zero-order valence-electron chi connectivity index (χ0n) is 11.2. The minimum atomic E-state index is -0.932. The maximum Gasteiger partial charge on any atom is 0.255 e. The number of carbonyl (C=O) groups excluding carboxylic acids is 1. The summed E-state index contributed by atoms with van der Waals surface area (Å²) < 4.78 is 26.6. The number of nitrogens with two attached hydrogens (primary N) is 1. The molecule has 0 aliphatic rings. The van der Waals surface area contributed by atoms with Crippen LogP contribution in [0.5, 0.6) is 0 Å². The number of rotatable bonds is 3. The molecule has 6 heteroatoms. The van der Waals surface area contributed by atoms with Crippen LogP contribution in [0.25, 0.3) is 0 Å². The van der Waals surface area contributed by atoms with E-state index in [4.69, 9.17) is 5.73 Å². The topological polar surface area (TPSA) is 46.3 Å². The minimum absolute atomic E-state index is 0.164. The minimum Gasteiger partial charge on any atom is -0.398 e. The molecule has 1 amide bonds. The number of carbonyl (C=O) groups is 1. The summed E-state index contributed by atoms with van der Waals surface area (Å²) in [6.07, 6.45) is 0. The van der Waals surface area contributed by atoms with Crippen LogP contribution in [0, 0.1) is 11.6 Å². The number of anilines is 1. The van der Waals surface area contributed by atoms with Crippen molar-refractivity contribution in [3.63, 3.8) is 0 Å². The van der Waals surface area contributed by atoms with Gasteiger partial charge in [-0.3, -0.25) is 4.79 Å². The standard InChI is InChI=1S/C15H13BrF2N2O/c1-20(8-9-5-6-11(17)12(18)7-9)15(21)10-3-2-4-13(19)14(10)16/h2-7H,8,19H2,1H3. The molecule has 110 valence electrons. The third-order valence-corrected chi connectivity index (χ3v) is 3.89. The lowest BCUT2D eigenvalue weighted by molar-refractivity contribution is 0.0784. The zero-order valence-corrected chi connectivity index (χ0v) is 12.8. The molecule has 0 bridgehead atoms. The van der Waals surface area contributed by atoms with Gasteiger partial charge in [0.15, 0.2) is 11.6 Å². The summed E-state index contributed by atoms with van der Waals surface area (Å²) in [5.74, 6) is -2.11. The van der Waals surface area contributed by atoms with Gasteiger partial charge in [0, 0.05) is 19.3 Å². The summed E-state index contributed by atoms with van der Waals surface area (Å²) in [4.78, 5) is 13.8. The molecule has 2 N–H and O–H groups in total. The first kappa shape index (κ1) is 15.4. The van der Waals surface area contributed by atoms with Crippen LogP contribution in [0.4, 0.5) is 14.5 Å². The van der Waals surface area contributed by atoms with Gasteiger partial charge in [-0.1, -0.05) is 12.1 Å². The number of halogens is 3. The molecule has 0 aromatic heterocycles. The average Bonchev–Trinajstić information content (AvgIpc) is 2.45. The van der Waals surface area contributed by atoms with Gasteiger partial charge in [0.2, 0.25) is 0 Å². The predicted molar refractivity (Wildman–Crippen MR) is 80.7 cm³/mol. The van der Waals surface area contributed by atoms with E-state index in [-0.39, 0.29) is 12.5 Å². The van der Waals surface area contributed by atoms with Gasteiger partial charge in [-0.2, -0.15) is 0 Å². The maximum atomic E-state index is 13.2. The van der Waals surface area contributed by atoms with E-state index in [1.165, 1.54) is 11.0 Å². The molecular weight excluding hydrogens is 342 g/mol. The molecule has 0 aliphatic carbocycles. The van der Waals surface area contributed by atoms with E-state index in [9.17, 15) is 13.6 Å². The van der Waals surface area contributed by atoms with Crippen LogP contribution in [0.1, 0.15) is 15.9 Å². The number of benzene rings is 2. The van der Waals surface area contributed by atoms with E-state index in [0.29, 0.717) is 21.3 Å². The second kappa shape index (κ2) is 6.22. The molecule has 0 unspecified atom stereocenters. The number of nitrogens with zero attached hydrogens (tertiary/aromatic N) is 1. The van der Waals surface area contributed by atoms with Crippen LogP contribution >= 0.6 is 15.9 Å². The lowest BCUT2D eigenvalue weighted by atomic mass is 10.1. The van der Waals surface area contributed by atoms with Gasteiger partial charge in [0.05, 0.1) is 10.0 Å². The molecule has 0 spiro atoms. The second-order valence-electron chi connectivity index (χ2n) is 4.62. The van der Waals surface area contributed by atoms with Crippen molar-refractivity contribution in [2.75, 3.05) is 12.8 Å². The highest BCUT2D eigenvalue weighted by Gasteiger charge is 2.16. The van der Waals surface area contributed by atoms with E-state index in [1.807, 2.05) is 0 Å². The highest BCUT2D eigenvalue weighted by atomic mass is 79.9. The van der Waals surface area contributed by atoms with Gasteiger partial charge in [0.25, 0.3) is 5.91 Å². The molecule has 0 atom stereocenters. The Morgan fingerprint density at radius 2 is 1.95 bits per heavy atom. The summed E-state index contributed by atoms with van der Waals surface area (Å²) in [6.45, 7) is 0.164. The molecule has 2 aromatic rings. The molecule has 0 radical (unpaired) electrons. The Kier molecular flexibility index (Phi) is 4.57. The van der Waals surface area contributed by atoms with Gasteiger partial charge in [-0.25, -0.2) is 8.78 Å². The molecule has 0 saturated heterocycles. The summed E-state index contributed by atoms with van der Waals surface area (Å²) >= 11 is 3.27. The van der Waals surface area contributed by atoms with Crippen molar-refractivity contribution < 1.29 is 13.6 Å². The Morgan fingerprint density at radius 3 is 2.62 bits per heavy atom. The quantitative estimate of drug-likeness (QED) is 0.856. The number of amides is 1. The van der Waals surface area contributed by atoms with Crippen LogP contribution in [0.3, 0.4) is 0 Å². The van der Waals surface area contributed by atoms with Gasteiger partial charge < -0.3 is 10.6 Å². The highest BCUT2D eigenvalue weighted by molar-refractivity contribution is 9.10. The van der Waals surface area contributed by atoms with Gasteiger partial charge in [0.1, 0.15) is 0 Å². The molecule has 3 nitrogen and oxygen atoms in total. The van der Waals surface area contributed by atoms with Crippen LogP contribution in [-0.4, -0.2) is 17.9 Å². The third kappa shape index (κ3) is 3.39. The predicted octanol–water partition coefficient (Wildman–Crippen LogP) is 3.58. The normalized spacial score (nSPS) is 10.5. The van der Waals surface area contributed by atoms with Crippen molar-refractivity contribution in [2.24, 2.45) is 0 Å². The van der Waals surface area contributed by atoms with Crippen molar-refractivity contribution in [1.82, 2.24) is 4.90 Å². The van der Waals surface area contributed by atoms with Crippen molar-refractivity contribution in [2.45, 2.75) is 6.54 Å². The van der Waals surface area contributed by atoms with Gasteiger partial charge >= 0.3 is 0 Å². The van der Waals surface area contributed by atoms with Crippen molar-refractivity contribution in [3.8, 4) is 0 Å². The Balaban J connectivity index is 2.19. The van der Waals surface area contributed by atoms with Crippen LogP contribution in [0.2, 0.25) is 0 Å². The van der Waals surface area contributed by atoms with E-state index < -0.39 is 11.6 Å². The summed E-state index contributed by atoms with van der Waals surface area (Å²) in [7, 11) is 1.58. The maximum absolute atomic E-state index is 13.2.